The Morgan fingerprint density at radius 3 is 2.55 bits per heavy atom. The molecule has 1 aliphatic carbocycles. The third-order valence-corrected chi connectivity index (χ3v) is 5.95. The highest BCUT2D eigenvalue weighted by atomic mass is 16.5. The summed E-state index contributed by atoms with van der Waals surface area (Å²) < 4.78 is 10.8. The molecule has 1 aromatic rings. The van der Waals surface area contributed by atoms with Gasteiger partial charge in [0.2, 0.25) is 5.91 Å². The maximum atomic E-state index is 12.7. The Kier molecular flexibility index (Phi) is 6.77. The van der Waals surface area contributed by atoms with Crippen LogP contribution in [0.2, 0.25) is 0 Å². The van der Waals surface area contributed by atoms with Gasteiger partial charge in [-0.05, 0) is 31.9 Å². The second-order valence-corrected chi connectivity index (χ2v) is 7.90. The maximum absolute atomic E-state index is 12.7. The summed E-state index contributed by atoms with van der Waals surface area (Å²) in [5.74, 6) is -0.866. The van der Waals surface area contributed by atoms with E-state index in [4.69, 9.17) is 9.47 Å². The lowest BCUT2D eigenvalue weighted by atomic mass is 9.94. The molecule has 158 valence electrons. The lowest BCUT2D eigenvalue weighted by molar-refractivity contribution is -0.162. The molecule has 1 heterocycles. The van der Waals surface area contributed by atoms with Crippen molar-refractivity contribution in [2.24, 2.45) is 5.92 Å². The highest BCUT2D eigenvalue weighted by molar-refractivity contribution is 6.00. The first-order chi connectivity index (χ1) is 13.9. The average molecular weight is 402 g/mol. The van der Waals surface area contributed by atoms with E-state index in [9.17, 15) is 14.4 Å². The average Bonchev–Trinajstić information content (AvgIpc) is 3.14. The smallest absolute Gasteiger partial charge is 0.312 e. The van der Waals surface area contributed by atoms with E-state index in [0.717, 1.165) is 25.7 Å². The van der Waals surface area contributed by atoms with Crippen LogP contribution in [0.5, 0.6) is 5.75 Å². The predicted molar refractivity (Wildman–Crippen MR) is 109 cm³/mol. The van der Waals surface area contributed by atoms with Crippen molar-refractivity contribution in [3.63, 3.8) is 0 Å². The highest BCUT2D eigenvalue weighted by Crippen LogP contribution is 2.33. The first-order valence-electron chi connectivity index (χ1n) is 10.3. The number of likely N-dealkylation sites (N-methyl/N-ethyl adjacent to an activating group) is 1. The van der Waals surface area contributed by atoms with Crippen molar-refractivity contribution in [3.8, 4) is 5.75 Å². The van der Waals surface area contributed by atoms with Crippen LogP contribution in [0.15, 0.2) is 24.3 Å². The zero-order valence-electron chi connectivity index (χ0n) is 17.4. The number of nitrogens with zero attached hydrogens (tertiary/aromatic N) is 2. The first-order valence-corrected chi connectivity index (χ1v) is 10.3. The van der Waals surface area contributed by atoms with Gasteiger partial charge in [0, 0.05) is 26.1 Å². The standard InChI is InChI=1S/C22H30N2O5/c1-15(21(26)23(2)17-9-5-4-6-10-17)29-22(27)16-13-20(25)24(14-16)18-11-7-8-12-19(18)28-3/h7-8,11-12,15-17H,4-6,9-10,13-14H2,1-3H3/t15-,16+/m0/s1. The largest absolute Gasteiger partial charge is 0.495 e. The van der Waals surface area contributed by atoms with Crippen LogP contribution < -0.4 is 9.64 Å². The minimum atomic E-state index is -0.857. The molecule has 0 unspecified atom stereocenters. The van der Waals surface area contributed by atoms with Crippen LogP contribution in [0.3, 0.4) is 0 Å². The minimum absolute atomic E-state index is 0.0657. The molecule has 1 saturated heterocycles. The van der Waals surface area contributed by atoms with Gasteiger partial charge in [0.1, 0.15) is 5.75 Å². The molecule has 1 aromatic carbocycles. The first kappa shape index (κ1) is 21.1. The molecular formula is C22H30N2O5. The number of anilines is 1. The molecule has 1 saturated carbocycles. The fourth-order valence-corrected chi connectivity index (χ4v) is 4.21. The molecule has 7 heteroatoms. The number of rotatable bonds is 6. The highest BCUT2D eigenvalue weighted by Gasteiger charge is 2.38. The normalized spacial score (nSPS) is 21.0. The fraction of sp³-hybridized carbons (Fsp3) is 0.591. The number of amides is 2. The van der Waals surface area contributed by atoms with E-state index >= 15 is 0 Å². The molecule has 2 amide bonds. The number of benzene rings is 1. The zero-order chi connectivity index (χ0) is 21.0. The molecule has 0 spiro atoms. The van der Waals surface area contributed by atoms with E-state index in [1.807, 2.05) is 12.1 Å². The van der Waals surface area contributed by atoms with Gasteiger partial charge in [-0.2, -0.15) is 0 Å². The number of carbonyl (C=O) groups is 3. The van der Waals surface area contributed by atoms with Gasteiger partial charge in [-0.3, -0.25) is 14.4 Å². The number of ether oxygens (including phenoxy) is 2. The van der Waals surface area contributed by atoms with E-state index in [-0.39, 0.29) is 30.8 Å². The molecule has 0 aromatic heterocycles. The lowest BCUT2D eigenvalue weighted by Gasteiger charge is -2.32. The molecule has 2 aliphatic rings. The van der Waals surface area contributed by atoms with Crippen molar-refractivity contribution >= 4 is 23.5 Å². The van der Waals surface area contributed by atoms with Crippen LogP contribution in [0.1, 0.15) is 45.4 Å². The number of hydrogen-bond acceptors (Lipinski definition) is 5. The molecule has 7 nitrogen and oxygen atoms in total. The van der Waals surface area contributed by atoms with E-state index in [1.54, 1.807) is 43.0 Å². The summed E-state index contributed by atoms with van der Waals surface area (Å²) >= 11 is 0. The van der Waals surface area contributed by atoms with Crippen molar-refractivity contribution in [2.45, 2.75) is 57.6 Å². The summed E-state index contributed by atoms with van der Waals surface area (Å²) in [5.41, 5.74) is 0.636. The third-order valence-electron chi connectivity index (χ3n) is 5.95. The summed E-state index contributed by atoms with van der Waals surface area (Å²) in [5, 5.41) is 0. The molecule has 0 bridgehead atoms. The quantitative estimate of drug-likeness (QED) is 0.684. The van der Waals surface area contributed by atoms with Gasteiger partial charge < -0.3 is 19.3 Å². The topological polar surface area (TPSA) is 76.2 Å². The second kappa shape index (κ2) is 9.29. The van der Waals surface area contributed by atoms with Crippen LogP contribution in [0, 0.1) is 5.92 Å². The Hall–Kier alpha value is -2.57. The van der Waals surface area contributed by atoms with Crippen LogP contribution in [0.4, 0.5) is 5.69 Å². The number of esters is 1. The molecule has 0 radical (unpaired) electrons. The van der Waals surface area contributed by atoms with Crippen molar-refractivity contribution in [1.29, 1.82) is 0 Å². The maximum Gasteiger partial charge on any atom is 0.312 e. The molecule has 1 aliphatic heterocycles. The van der Waals surface area contributed by atoms with Crippen molar-refractivity contribution in [1.82, 2.24) is 4.90 Å². The van der Waals surface area contributed by atoms with E-state index < -0.39 is 18.0 Å². The summed E-state index contributed by atoms with van der Waals surface area (Å²) in [6.07, 6.45) is 4.66. The van der Waals surface area contributed by atoms with Gasteiger partial charge in [0.15, 0.2) is 6.10 Å². The summed E-state index contributed by atoms with van der Waals surface area (Å²) in [6, 6.07) is 7.42. The zero-order valence-corrected chi connectivity index (χ0v) is 17.4. The molecule has 2 fully saturated rings. The van der Waals surface area contributed by atoms with Crippen molar-refractivity contribution in [2.75, 3.05) is 25.6 Å². The Bertz CT molecular complexity index is 759. The predicted octanol–water partition coefficient (Wildman–Crippen LogP) is 2.77. The third kappa shape index (κ3) is 4.71. The molecule has 29 heavy (non-hydrogen) atoms. The summed E-state index contributed by atoms with van der Waals surface area (Å²) in [4.78, 5) is 41.1. The number of hydrogen-bond donors (Lipinski definition) is 0. The Morgan fingerprint density at radius 2 is 1.86 bits per heavy atom. The van der Waals surface area contributed by atoms with E-state index in [1.165, 1.54) is 6.42 Å². The van der Waals surface area contributed by atoms with Gasteiger partial charge in [-0.25, -0.2) is 0 Å². The van der Waals surface area contributed by atoms with Gasteiger partial charge in [-0.1, -0.05) is 31.4 Å². The van der Waals surface area contributed by atoms with E-state index in [0.29, 0.717) is 11.4 Å². The van der Waals surface area contributed by atoms with Gasteiger partial charge in [-0.15, -0.1) is 0 Å². The Balaban J connectivity index is 1.59. The Labute approximate surface area is 171 Å². The van der Waals surface area contributed by atoms with E-state index in [2.05, 4.69) is 0 Å². The SMILES string of the molecule is COc1ccccc1N1C[C@H](C(=O)O[C@@H](C)C(=O)N(C)C2CCCCC2)CC1=O. The van der Waals surface area contributed by atoms with Crippen molar-refractivity contribution < 1.29 is 23.9 Å². The molecule has 2 atom stereocenters. The molecule has 0 N–H and O–H groups in total. The van der Waals surface area contributed by atoms with Crippen LogP contribution in [0.25, 0.3) is 0 Å². The van der Waals surface area contributed by atoms with Crippen molar-refractivity contribution in [3.05, 3.63) is 24.3 Å². The molecular weight excluding hydrogens is 372 g/mol. The number of carbonyl (C=O) groups excluding carboxylic acids is 3. The lowest BCUT2D eigenvalue weighted by Crippen LogP contribution is -2.44. The number of para-hydroxylation sites is 2. The van der Waals surface area contributed by atoms with Crippen LogP contribution in [-0.4, -0.2) is 55.5 Å². The minimum Gasteiger partial charge on any atom is -0.495 e. The van der Waals surface area contributed by atoms with Crippen LogP contribution in [-0.2, 0) is 19.1 Å². The Morgan fingerprint density at radius 1 is 1.17 bits per heavy atom. The second-order valence-electron chi connectivity index (χ2n) is 7.90. The van der Waals surface area contributed by atoms with Gasteiger partial charge in [0.05, 0.1) is 18.7 Å². The molecule has 3 rings (SSSR count). The van der Waals surface area contributed by atoms with Gasteiger partial charge in [0.25, 0.3) is 5.91 Å². The monoisotopic (exact) mass is 402 g/mol. The number of methoxy groups -OCH3 is 1. The summed E-state index contributed by atoms with van der Waals surface area (Å²) in [6.45, 7) is 1.83. The van der Waals surface area contributed by atoms with Crippen LogP contribution >= 0.6 is 0 Å². The fourth-order valence-electron chi connectivity index (χ4n) is 4.21. The van der Waals surface area contributed by atoms with Gasteiger partial charge >= 0.3 is 5.97 Å². The summed E-state index contributed by atoms with van der Waals surface area (Å²) in [7, 11) is 3.33.